The Morgan fingerprint density at radius 3 is 1.96 bits per heavy atom. The summed E-state index contributed by atoms with van der Waals surface area (Å²) in [4.78, 5) is 20.2. The van der Waals surface area contributed by atoms with Crippen LogP contribution in [-0.2, 0) is 14.3 Å². The zero-order valence-electron chi connectivity index (χ0n) is 13.7. The van der Waals surface area contributed by atoms with Crippen molar-refractivity contribution in [2.24, 2.45) is 11.8 Å². The van der Waals surface area contributed by atoms with Crippen molar-refractivity contribution in [1.29, 1.82) is 0 Å². The normalized spacial score (nSPS) is 18.7. The highest BCUT2D eigenvalue weighted by atomic mass is 16.5. The molecular weight excluding hydrogens is 294 g/mol. The minimum absolute atomic E-state index is 0. The largest absolute Gasteiger partial charge is 0.550 e. The van der Waals surface area contributed by atoms with Gasteiger partial charge in [-0.1, -0.05) is 28.7 Å². The molecule has 1 aliphatic heterocycles. The highest BCUT2D eigenvalue weighted by Crippen LogP contribution is 2.18. The second kappa shape index (κ2) is 17.3. The number of carbonyl (C=O) groups excluding carboxylic acids is 2. The van der Waals surface area contributed by atoms with Crippen LogP contribution >= 0.6 is 0 Å². The number of carbonyl (C=O) groups is 2. The first kappa shape index (κ1) is 26.8. The van der Waals surface area contributed by atoms with Gasteiger partial charge in [-0.25, -0.2) is 0 Å². The third kappa shape index (κ3) is 15.6. The van der Waals surface area contributed by atoms with Gasteiger partial charge in [-0.15, -0.1) is 0 Å². The predicted molar refractivity (Wildman–Crippen MR) is 92.8 cm³/mol. The third-order valence-corrected chi connectivity index (χ3v) is 3.98. The van der Waals surface area contributed by atoms with Crippen molar-refractivity contribution in [3.05, 3.63) is 0 Å². The Kier molecular flexibility index (Phi) is 20.1. The number of hydrogen-bond acceptors (Lipinski definition) is 4. The van der Waals surface area contributed by atoms with Gasteiger partial charge in [-0.05, 0) is 38.5 Å². The summed E-state index contributed by atoms with van der Waals surface area (Å²) in [6.07, 6.45) is 4.90. The van der Waals surface area contributed by atoms with Crippen LogP contribution in [0.2, 0.25) is 0 Å². The highest BCUT2D eigenvalue weighted by Gasteiger charge is 2.26. The lowest BCUT2D eigenvalue weighted by molar-refractivity contribution is -0.640. The van der Waals surface area contributed by atoms with E-state index in [1.165, 1.54) is 32.9 Å². The van der Waals surface area contributed by atoms with Gasteiger partial charge in [0.15, 0.2) is 0 Å². The van der Waals surface area contributed by atoms with Gasteiger partial charge >= 0.3 is 5.97 Å². The van der Waals surface area contributed by atoms with Crippen LogP contribution in [0.15, 0.2) is 0 Å². The predicted octanol–water partition coefficient (Wildman–Crippen LogP) is 1.75. The lowest BCUT2D eigenvalue weighted by Crippen LogP contribution is -2.81. The summed E-state index contributed by atoms with van der Waals surface area (Å²) in [5.41, 5.74) is 0. The summed E-state index contributed by atoms with van der Waals surface area (Å²) in [6.45, 7) is 9.12. The monoisotopic (exact) mass is 333 g/mol. The quantitative estimate of drug-likeness (QED) is 0.542. The molecule has 0 saturated carbocycles. The third-order valence-electron chi connectivity index (χ3n) is 3.98. The Bertz CT molecular complexity index is 267. The first-order valence-corrected chi connectivity index (χ1v) is 8.16. The van der Waals surface area contributed by atoms with Crippen LogP contribution in [-0.4, -0.2) is 31.6 Å². The number of unbranched alkanes of at least 4 members (excludes halogenated alkanes) is 2. The standard InChI is InChI=1S/C8H17N.C8H14O4.2CH4/c1-3-7-5-9-6-8(7)4-2;1-7(9)12-6-4-2-3-5-8(10)11;;/h7-9H,3-6H2,1-2H3;2-6H2,1H3,(H,10,11);2*1H4. The van der Waals surface area contributed by atoms with Gasteiger partial charge in [0.1, 0.15) is 0 Å². The molecule has 2 N–H and O–H groups in total. The Labute approximate surface area is 143 Å². The molecule has 140 valence electrons. The summed E-state index contributed by atoms with van der Waals surface area (Å²) in [5, 5.41) is 12.4. The minimum atomic E-state index is -1.03. The molecule has 0 amide bonds. The summed E-state index contributed by atoms with van der Waals surface area (Å²) < 4.78 is 4.65. The maximum Gasteiger partial charge on any atom is 0.302 e. The molecule has 2 unspecified atom stereocenters. The first-order valence-electron chi connectivity index (χ1n) is 8.16. The average Bonchev–Trinajstić information content (AvgIpc) is 2.90. The van der Waals surface area contributed by atoms with E-state index in [1.807, 2.05) is 0 Å². The van der Waals surface area contributed by atoms with Crippen LogP contribution < -0.4 is 10.4 Å². The van der Waals surface area contributed by atoms with Crippen molar-refractivity contribution in [3.8, 4) is 0 Å². The number of carboxylic acids is 1. The first-order chi connectivity index (χ1) is 10.0. The molecule has 2 atom stereocenters. The van der Waals surface area contributed by atoms with E-state index in [0.29, 0.717) is 19.4 Å². The van der Waals surface area contributed by atoms with Crippen molar-refractivity contribution < 1.29 is 24.7 Å². The maximum absolute atomic E-state index is 10.3. The van der Waals surface area contributed by atoms with Crippen molar-refractivity contribution in [2.75, 3.05) is 19.7 Å². The second-order valence-corrected chi connectivity index (χ2v) is 5.62. The van der Waals surface area contributed by atoms with Crippen molar-refractivity contribution >= 4 is 11.9 Å². The molecule has 23 heavy (non-hydrogen) atoms. The summed E-state index contributed by atoms with van der Waals surface area (Å²) in [7, 11) is 0. The number of ether oxygens (including phenoxy) is 1. The second-order valence-electron chi connectivity index (χ2n) is 5.62. The minimum Gasteiger partial charge on any atom is -0.550 e. The van der Waals surface area contributed by atoms with E-state index in [4.69, 9.17) is 0 Å². The molecular formula is C18H39NO4. The Morgan fingerprint density at radius 1 is 1.04 bits per heavy atom. The van der Waals surface area contributed by atoms with E-state index in [2.05, 4.69) is 23.9 Å². The summed E-state index contributed by atoms with van der Waals surface area (Å²) >= 11 is 0. The number of carboxylic acid groups (broad SMARTS) is 1. The summed E-state index contributed by atoms with van der Waals surface area (Å²) in [5.74, 6) is 0.724. The smallest absolute Gasteiger partial charge is 0.302 e. The molecule has 0 spiro atoms. The van der Waals surface area contributed by atoms with Crippen molar-refractivity contribution in [2.45, 2.75) is 74.1 Å². The number of hydrogen-bond donors (Lipinski definition) is 1. The molecule has 1 rings (SSSR count). The van der Waals surface area contributed by atoms with Gasteiger partial charge in [-0.3, -0.25) is 4.79 Å². The number of rotatable bonds is 8. The fourth-order valence-electron chi connectivity index (χ4n) is 2.67. The molecule has 0 aromatic rings. The number of quaternary nitrogens is 1. The molecule has 5 nitrogen and oxygen atoms in total. The average molecular weight is 334 g/mol. The Balaban J connectivity index is -0.000000329. The molecule has 0 aromatic heterocycles. The molecule has 1 fully saturated rings. The van der Waals surface area contributed by atoms with Crippen LogP contribution in [0.1, 0.15) is 74.1 Å². The van der Waals surface area contributed by atoms with Crippen LogP contribution in [0, 0.1) is 11.8 Å². The Hall–Kier alpha value is -1.10. The number of esters is 1. The van der Waals surface area contributed by atoms with E-state index in [1.54, 1.807) is 0 Å². The zero-order chi connectivity index (χ0) is 16.1. The van der Waals surface area contributed by atoms with Crippen LogP contribution in [0.4, 0.5) is 0 Å². The number of nitrogens with two attached hydrogens (primary N) is 1. The SMILES string of the molecule is C.C.CC(=O)OCCCCCC(=O)[O-].CCC1C[NH2+]CC1CC. The molecule has 0 aromatic carbocycles. The van der Waals surface area contributed by atoms with E-state index >= 15 is 0 Å². The maximum atomic E-state index is 10.3. The van der Waals surface area contributed by atoms with Crippen molar-refractivity contribution in [1.82, 2.24) is 0 Å². The fourth-order valence-corrected chi connectivity index (χ4v) is 2.67. The molecule has 0 bridgehead atoms. The van der Waals surface area contributed by atoms with Gasteiger partial charge in [0.05, 0.1) is 19.7 Å². The molecule has 1 saturated heterocycles. The van der Waals surface area contributed by atoms with Crippen LogP contribution in [0.25, 0.3) is 0 Å². The molecule has 0 radical (unpaired) electrons. The van der Waals surface area contributed by atoms with Gasteiger partial charge in [0.2, 0.25) is 0 Å². The molecule has 0 aliphatic carbocycles. The zero-order valence-corrected chi connectivity index (χ0v) is 13.7. The van der Waals surface area contributed by atoms with E-state index in [0.717, 1.165) is 18.3 Å². The van der Waals surface area contributed by atoms with E-state index < -0.39 is 5.97 Å². The van der Waals surface area contributed by atoms with Gasteiger partial charge in [-0.2, -0.15) is 0 Å². The van der Waals surface area contributed by atoms with Gasteiger partial charge in [0, 0.05) is 24.7 Å². The highest BCUT2D eigenvalue weighted by molar-refractivity contribution is 5.65. The fraction of sp³-hybridized carbons (Fsp3) is 0.889. The lowest BCUT2D eigenvalue weighted by atomic mass is 9.92. The topological polar surface area (TPSA) is 83.0 Å². The molecule has 5 heteroatoms. The van der Waals surface area contributed by atoms with Gasteiger partial charge < -0.3 is 20.0 Å². The van der Waals surface area contributed by atoms with E-state index in [9.17, 15) is 14.7 Å². The molecule has 1 aliphatic rings. The van der Waals surface area contributed by atoms with Gasteiger partial charge in [0.25, 0.3) is 0 Å². The number of aliphatic carboxylic acids is 1. The van der Waals surface area contributed by atoms with E-state index in [-0.39, 0.29) is 27.2 Å². The Morgan fingerprint density at radius 2 is 1.57 bits per heavy atom. The van der Waals surface area contributed by atoms with Crippen LogP contribution in [0.5, 0.6) is 0 Å². The molecule has 1 heterocycles. The summed E-state index contributed by atoms with van der Waals surface area (Å²) in [6, 6.07) is 0. The lowest BCUT2D eigenvalue weighted by Gasteiger charge is -2.09. The van der Waals surface area contributed by atoms with Crippen LogP contribution in [0.3, 0.4) is 0 Å². The van der Waals surface area contributed by atoms with Crippen molar-refractivity contribution in [3.63, 3.8) is 0 Å².